The third kappa shape index (κ3) is 4.91. The van der Waals surface area contributed by atoms with Gasteiger partial charge in [0.1, 0.15) is 6.04 Å². The number of halogens is 1. The smallest absolute Gasteiger partial charge is 0.226 e. The molecule has 8 heteroatoms. The fourth-order valence-corrected chi connectivity index (χ4v) is 5.28. The molecule has 2 aromatic carbocycles. The van der Waals surface area contributed by atoms with Crippen LogP contribution in [0.1, 0.15) is 48.4 Å². The van der Waals surface area contributed by atoms with E-state index in [2.05, 4.69) is 75.5 Å². The number of rotatable bonds is 6. The zero-order chi connectivity index (χ0) is 27.0. The van der Waals surface area contributed by atoms with Gasteiger partial charge in [-0.1, -0.05) is 37.6 Å². The van der Waals surface area contributed by atoms with Crippen molar-refractivity contribution in [1.29, 1.82) is 0 Å². The minimum absolute atomic E-state index is 0.0858. The molecule has 2 unspecified atom stereocenters. The second-order valence-corrected chi connectivity index (χ2v) is 10.7. The first-order valence-corrected chi connectivity index (χ1v) is 13.4. The molecular formula is C30H30ClN5OS. The molecule has 2 atom stereocenters. The van der Waals surface area contributed by atoms with E-state index in [0.29, 0.717) is 15.8 Å². The van der Waals surface area contributed by atoms with Crippen LogP contribution in [0.3, 0.4) is 0 Å². The minimum atomic E-state index is -0.207. The number of anilines is 2. The summed E-state index contributed by atoms with van der Waals surface area (Å²) in [6.07, 6.45) is 3.87. The number of aryl methyl sites for hydroxylation is 2. The average Bonchev–Trinajstić information content (AvgIpc) is 3.51. The molecule has 0 bridgehead atoms. The second kappa shape index (κ2) is 10.6. The first kappa shape index (κ1) is 25.9. The van der Waals surface area contributed by atoms with Crippen molar-refractivity contribution in [2.75, 3.05) is 10.2 Å². The quantitative estimate of drug-likeness (QED) is 0.259. The SMILES string of the molecule is Cc1ccc(-n2cccc2C2C(c3ccccn3)NC(=S)N2c2ccc(NC(=O)C(C)C)c(Cl)c2)cc1C. The van der Waals surface area contributed by atoms with Crippen LogP contribution >= 0.6 is 23.8 Å². The van der Waals surface area contributed by atoms with Crippen LogP contribution in [-0.4, -0.2) is 20.6 Å². The zero-order valence-electron chi connectivity index (χ0n) is 21.8. The number of aromatic nitrogens is 2. The molecule has 0 spiro atoms. The molecular weight excluding hydrogens is 514 g/mol. The first-order chi connectivity index (χ1) is 18.2. The lowest BCUT2D eigenvalue weighted by atomic mass is 10.0. The van der Waals surface area contributed by atoms with E-state index < -0.39 is 0 Å². The Morgan fingerprint density at radius 1 is 1.03 bits per heavy atom. The van der Waals surface area contributed by atoms with Gasteiger partial charge in [0, 0.05) is 35.4 Å². The molecule has 38 heavy (non-hydrogen) atoms. The largest absolute Gasteiger partial charge is 0.351 e. The first-order valence-electron chi connectivity index (χ1n) is 12.6. The molecule has 5 rings (SSSR count). The summed E-state index contributed by atoms with van der Waals surface area (Å²) in [4.78, 5) is 19.0. The van der Waals surface area contributed by atoms with Crippen LogP contribution in [-0.2, 0) is 4.79 Å². The van der Waals surface area contributed by atoms with E-state index in [1.165, 1.54) is 11.1 Å². The van der Waals surface area contributed by atoms with E-state index in [-0.39, 0.29) is 23.9 Å². The van der Waals surface area contributed by atoms with Gasteiger partial charge >= 0.3 is 0 Å². The molecule has 2 N–H and O–H groups in total. The van der Waals surface area contributed by atoms with Crippen molar-refractivity contribution in [3.8, 4) is 5.69 Å². The van der Waals surface area contributed by atoms with Gasteiger partial charge in [-0.25, -0.2) is 0 Å². The summed E-state index contributed by atoms with van der Waals surface area (Å²) in [5, 5.41) is 7.43. The molecule has 1 aliphatic heterocycles. The number of carbonyl (C=O) groups excluding carboxylic acids is 1. The molecule has 0 radical (unpaired) electrons. The maximum absolute atomic E-state index is 12.3. The number of thiocarbonyl (C=S) groups is 1. The van der Waals surface area contributed by atoms with E-state index in [1.54, 1.807) is 6.20 Å². The Balaban J connectivity index is 1.61. The zero-order valence-corrected chi connectivity index (χ0v) is 23.3. The summed E-state index contributed by atoms with van der Waals surface area (Å²) in [6.45, 7) is 7.93. The topological polar surface area (TPSA) is 62.2 Å². The summed E-state index contributed by atoms with van der Waals surface area (Å²) >= 11 is 12.6. The Hall–Kier alpha value is -3.68. The highest BCUT2D eigenvalue weighted by Gasteiger charge is 2.42. The Bertz CT molecular complexity index is 1500. The van der Waals surface area contributed by atoms with Gasteiger partial charge in [0.05, 0.1) is 22.4 Å². The molecule has 4 aromatic rings. The van der Waals surface area contributed by atoms with Crippen molar-refractivity contribution in [2.24, 2.45) is 5.92 Å². The van der Waals surface area contributed by atoms with E-state index in [0.717, 1.165) is 22.8 Å². The number of carbonyl (C=O) groups is 1. The molecule has 0 saturated carbocycles. The number of amides is 1. The predicted molar refractivity (Wildman–Crippen MR) is 158 cm³/mol. The molecule has 3 heterocycles. The van der Waals surface area contributed by atoms with Crippen LogP contribution in [0, 0.1) is 19.8 Å². The Labute approximate surface area is 233 Å². The van der Waals surface area contributed by atoms with Gasteiger partial charge < -0.3 is 20.1 Å². The molecule has 2 aromatic heterocycles. The second-order valence-electron chi connectivity index (χ2n) is 9.88. The highest BCUT2D eigenvalue weighted by Crippen LogP contribution is 2.43. The summed E-state index contributed by atoms with van der Waals surface area (Å²) in [5.74, 6) is -0.236. The molecule has 1 amide bonds. The van der Waals surface area contributed by atoms with Gasteiger partial charge in [-0.2, -0.15) is 0 Å². The highest BCUT2D eigenvalue weighted by atomic mass is 35.5. The Morgan fingerprint density at radius 2 is 1.82 bits per heavy atom. The van der Waals surface area contributed by atoms with Crippen molar-refractivity contribution in [3.63, 3.8) is 0 Å². The number of pyridine rings is 1. The van der Waals surface area contributed by atoms with Crippen molar-refractivity contribution in [2.45, 2.75) is 39.8 Å². The van der Waals surface area contributed by atoms with E-state index >= 15 is 0 Å². The van der Waals surface area contributed by atoms with Gasteiger partial charge in [0.2, 0.25) is 5.91 Å². The van der Waals surface area contributed by atoms with Crippen LogP contribution in [0.4, 0.5) is 11.4 Å². The highest BCUT2D eigenvalue weighted by molar-refractivity contribution is 7.80. The van der Waals surface area contributed by atoms with Gasteiger partial charge in [0.25, 0.3) is 0 Å². The van der Waals surface area contributed by atoms with Crippen molar-refractivity contribution in [3.05, 3.63) is 107 Å². The van der Waals surface area contributed by atoms with Crippen molar-refractivity contribution >= 4 is 46.2 Å². The number of hydrogen-bond acceptors (Lipinski definition) is 3. The molecule has 1 saturated heterocycles. The molecule has 6 nitrogen and oxygen atoms in total. The molecule has 1 fully saturated rings. The number of nitrogens with zero attached hydrogens (tertiary/aromatic N) is 3. The van der Waals surface area contributed by atoms with Crippen LogP contribution in [0.2, 0.25) is 5.02 Å². The maximum atomic E-state index is 12.3. The van der Waals surface area contributed by atoms with Crippen LogP contribution in [0.15, 0.2) is 79.1 Å². The summed E-state index contributed by atoms with van der Waals surface area (Å²) in [6, 6.07) is 21.8. The number of benzene rings is 2. The summed E-state index contributed by atoms with van der Waals surface area (Å²) in [7, 11) is 0. The third-order valence-electron chi connectivity index (χ3n) is 6.96. The minimum Gasteiger partial charge on any atom is -0.351 e. The van der Waals surface area contributed by atoms with Gasteiger partial charge in [0.15, 0.2) is 5.11 Å². The Morgan fingerprint density at radius 3 is 2.50 bits per heavy atom. The van der Waals surface area contributed by atoms with Crippen molar-refractivity contribution in [1.82, 2.24) is 14.9 Å². The lowest BCUT2D eigenvalue weighted by molar-refractivity contribution is -0.118. The lowest BCUT2D eigenvalue weighted by Crippen LogP contribution is -2.30. The maximum Gasteiger partial charge on any atom is 0.226 e. The van der Waals surface area contributed by atoms with Gasteiger partial charge in [-0.15, -0.1) is 0 Å². The van der Waals surface area contributed by atoms with Crippen molar-refractivity contribution < 1.29 is 4.79 Å². The monoisotopic (exact) mass is 543 g/mol. The molecule has 194 valence electrons. The number of nitrogens with one attached hydrogen (secondary N) is 2. The number of hydrogen-bond donors (Lipinski definition) is 2. The van der Waals surface area contributed by atoms with Crippen LogP contribution < -0.4 is 15.5 Å². The molecule has 1 aliphatic rings. The van der Waals surface area contributed by atoms with Crippen LogP contribution in [0.25, 0.3) is 5.69 Å². The fraction of sp³-hybridized carbons (Fsp3) is 0.233. The predicted octanol–water partition coefficient (Wildman–Crippen LogP) is 6.91. The van der Waals surface area contributed by atoms with E-state index in [9.17, 15) is 4.79 Å². The van der Waals surface area contributed by atoms with Gasteiger partial charge in [-0.05, 0) is 91.8 Å². The Kier molecular flexibility index (Phi) is 7.23. The standard InChI is InChI=1S/C30H30ClN5OS/c1-18(2)29(37)33-24-13-12-22(17-23(24)31)36-28(27(34-30(36)38)25-8-5-6-14-32-25)26-9-7-15-35(26)21-11-10-19(3)20(4)16-21/h5-18,27-28H,1-4H3,(H,33,37)(H,34,38). The third-order valence-corrected chi connectivity index (χ3v) is 7.59. The normalized spacial score (nSPS) is 17.1. The molecule has 0 aliphatic carbocycles. The lowest BCUT2D eigenvalue weighted by Gasteiger charge is -2.29. The summed E-state index contributed by atoms with van der Waals surface area (Å²) < 4.78 is 2.20. The average molecular weight is 544 g/mol. The van der Waals surface area contributed by atoms with E-state index in [1.807, 2.05) is 50.2 Å². The van der Waals surface area contributed by atoms with E-state index in [4.69, 9.17) is 23.8 Å². The fourth-order valence-electron chi connectivity index (χ4n) is 4.71. The van der Waals surface area contributed by atoms with Gasteiger partial charge in [-0.3, -0.25) is 9.78 Å². The summed E-state index contributed by atoms with van der Waals surface area (Å²) in [5.41, 5.74) is 6.90. The van der Waals surface area contributed by atoms with Crippen LogP contribution in [0.5, 0.6) is 0 Å².